The number of nitrogens with two attached hydrogens (primary N) is 1. The van der Waals surface area contributed by atoms with Gasteiger partial charge in [-0.1, -0.05) is 0 Å². The first kappa shape index (κ1) is 9.15. The molecule has 0 aliphatic rings. The van der Waals surface area contributed by atoms with Crippen molar-refractivity contribution < 1.29 is 4.79 Å². The van der Waals surface area contributed by atoms with Crippen molar-refractivity contribution in [2.24, 2.45) is 5.73 Å². The molecular weight excluding hydrogens is 174 g/mol. The molecule has 66 valence electrons. The van der Waals surface area contributed by atoms with Crippen LogP contribution in [0.15, 0.2) is 5.38 Å². The molecule has 12 heavy (non-hydrogen) atoms. The summed E-state index contributed by atoms with van der Waals surface area (Å²) in [5.74, 6) is -0.0242. The monoisotopic (exact) mass is 185 g/mol. The van der Waals surface area contributed by atoms with E-state index < -0.39 is 0 Å². The van der Waals surface area contributed by atoms with Crippen LogP contribution in [0.2, 0.25) is 0 Å². The highest BCUT2D eigenvalue weighted by Gasteiger charge is 2.04. The minimum Gasteiger partial charge on any atom is -0.359 e. The Morgan fingerprint density at radius 2 is 2.58 bits per heavy atom. The Labute approximate surface area is 74.8 Å². The molecule has 0 spiro atoms. The van der Waals surface area contributed by atoms with Crippen molar-refractivity contribution in [2.45, 2.75) is 13.0 Å². The zero-order valence-corrected chi connectivity index (χ0v) is 7.65. The molecule has 1 aromatic heterocycles. The number of carbonyl (C=O) groups is 1. The smallest absolute Gasteiger partial charge is 0.225 e. The number of thiazole rings is 1. The zero-order valence-electron chi connectivity index (χ0n) is 6.83. The Morgan fingerprint density at radius 1 is 1.83 bits per heavy atom. The SMILES string of the molecule is CNC(=O)Cc1csc(CN)n1. The van der Waals surface area contributed by atoms with Crippen LogP contribution in [0, 0.1) is 0 Å². The van der Waals surface area contributed by atoms with E-state index in [-0.39, 0.29) is 5.91 Å². The van der Waals surface area contributed by atoms with E-state index in [1.165, 1.54) is 11.3 Å². The molecule has 4 nitrogen and oxygen atoms in total. The first-order valence-corrected chi connectivity index (χ1v) is 4.48. The van der Waals surface area contributed by atoms with E-state index in [0.717, 1.165) is 10.7 Å². The molecule has 0 unspecified atom stereocenters. The highest BCUT2D eigenvalue weighted by molar-refractivity contribution is 7.09. The Balaban J connectivity index is 2.58. The van der Waals surface area contributed by atoms with Gasteiger partial charge in [0.15, 0.2) is 0 Å². The molecule has 1 heterocycles. The van der Waals surface area contributed by atoms with Crippen molar-refractivity contribution in [2.75, 3.05) is 7.05 Å². The number of nitrogens with one attached hydrogen (secondary N) is 1. The Morgan fingerprint density at radius 3 is 3.08 bits per heavy atom. The van der Waals surface area contributed by atoms with Crippen LogP contribution in [-0.4, -0.2) is 17.9 Å². The van der Waals surface area contributed by atoms with Gasteiger partial charge in [-0.2, -0.15) is 0 Å². The highest BCUT2D eigenvalue weighted by Crippen LogP contribution is 2.08. The van der Waals surface area contributed by atoms with E-state index in [2.05, 4.69) is 10.3 Å². The molecule has 1 amide bonds. The number of hydrogen-bond donors (Lipinski definition) is 2. The minimum absolute atomic E-state index is 0.0242. The van der Waals surface area contributed by atoms with Crippen LogP contribution in [-0.2, 0) is 17.8 Å². The molecule has 3 N–H and O–H groups in total. The lowest BCUT2D eigenvalue weighted by molar-refractivity contribution is -0.120. The van der Waals surface area contributed by atoms with E-state index in [1.807, 2.05) is 5.38 Å². The number of aromatic nitrogens is 1. The summed E-state index contributed by atoms with van der Waals surface area (Å²) in [6.45, 7) is 0.443. The van der Waals surface area contributed by atoms with Gasteiger partial charge in [-0.25, -0.2) is 4.98 Å². The summed E-state index contributed by atoms with van der Waals surface area (Å²) in [6, 6.07) is 0. The first-order chi connectivity index (χ1) is 5.76. The van der Waals surface area contributed by atoms with Crippen LogP contribution >= 0.6 is 11.3 Å². The van der Waals surface area contributed by atoms with Gasteiger partial charge in [-0.15, -0.1) is 11.3 Å². The lowest BCUT2D eigenvalue weighted by Crippen LogP contribution is -2.20. The molecule has 0 aliphatic heterocycles. The quantitative estimate of drug-likeness (QED) is 0.690. The second-order valence-corrected chi connectivity index (χ2v) is 3.23. The van der Waals surface area contributed by atoms with Crippen LogP contribution in [0.1, 0.15) is 10.7 Å². The summed E-state index contributed by atoms with van der Waals surface area (Å²) >= 11 is 1.49. The van der Waals surface area contributed by atoms with Crippen LogP contribution in [0.5, 0.6) is 0 Å². The zero-order chi connectivity index (χ0) is 8.97. The summed E-state index contributed by atoms with van der Waals surface area (Å²) in [5.41, 5.74) is 6.17. The van der Waals surface area contributed by atoms with Gasteiger partial charge in [-0.3, -0.25) is 4.79 Å². The third kappa shape index (κ3) is 2.28. The third-order valence-electron chi connectivity index (χ3n) is 1.39. The molecule has 1 aromatic rings. The van der Waals surface area contributed by atoms with Gasteiger partial charge >= 0.3 is 0 Å². The van der Waals surface area contributed by atoms with E-state index in [1.54, 1.807) is 7.05 Å². The molecule has 0 atom stereocenters. The minimum atomic E-state index is -0.0242. The molecule has 0 aliphatic carbocycles. The highest BCUT2D eigenvalue weighted by atomic mass is 32.1. The maximum Gasteiger partial charge on any atom is 0.225 e. The molecule has 0 saturated heterocycles. The first-order valence-electron chi connectivity index (χ1n) is 3.60. The number of amides is 1. The van der Waals surface area contributed by atoms with Crippen molar-refractivity contribution in [3.63, 3.8) is 0 Å². The summed E-state index contributed by atoms with van der Waals surface area (Å²) in [5, 5.41) is 5.26. The Hall–Kier alpha value is -0.940. The second kappa shape index (κ2) is 4.18. The van der Waals surface area contributed by atoms with Crippen LogP contribution < -0.4 is 11.1 Å². The number of nitrogens with zero attached hydrogens (tertiary/aromatic N) is 1. The van der Waals surface area contributed by atoms with E-state index >= 15 is 0 Å². The van der Waals surface area contributed by atoms with Crippen LogP contribution in [0.3, 0.4) is 0 Å². The van der Waals surface area contributed by atoms with Crippen molar-refractivity contribution in [1.82, 2.24) is 10.3 Å². The van der Waals surface area contributed by atoms with Gasteiger partial charge in [-0.05, 0) is 0 Å². The maximum atomic E-state index is 10.9. The fourth-order valence-corrected chi connectivity index (χ4v) is 1.45. The topological polar surface area (TPSA) is 68.0 Å². The number of rotatable bonds is 3. The molecule has 0 bridgehead atoms. The van der Waals surface area contributed by atoms with Crippen LogP contribution in [0.4, 0.5) is 0 Å². The van der Waals surface area contributed by atoms with Gasteiger partial charge in [0.05, 0.1) is 12.1 Å². The van der Waals surface area contributed by atoms with Crippen molar-refractivity contribution in [3.05, 3.63) is 16.1 Å². The predicted octanol–water partition coefficient (Wildman–Crippen LogP) is -0.110. The number of likely N-dealkylation sites (N-methyl/N-ethyl adjacent to an activating group) is 1. The van der Waals surface area contributed by atoms with Crippen molar-refractivity contribution >= 4 is 17.2 Å². The molecule has 0 saturated carbocycles. The van der Waals surface area contributed by atoms with E-state index in [0.29, 0.717) is 13.0 Å². The fraction of sp³-hybridized carbons (Fsp3) is 0.429. The molecule has 5 heteroatoms. The lowest BCUT2D eigenvalue weighted by atomic mass is 10.3. The maximum absolute atomic E-state index is 10.9. The number of carbonyl (C=O) groups excluding carboxylic acids is 1. The average Bonchev–Trinajstić information content (AvgIpc) is 2.52. The van der Waals surface area contributed by atoms with Gasteiger partial charge in [0.25, 0.3) is 0 Å². The molecule has 0 radical (unpaired) electrons. The van der Waals surface area contributed by atoms with Crippen LogP contribution in [0.25, 0.3) is 0 Å². The predicted molar refractivity (Wildman–Crippen MR) is 47.8 cm³/mol. The Bertz CT molecular complexity index is 271. The average molecular weight is 185 g/mol. The normalized spacial score (nSPS) is 9.83. The molecule has 0 aromatic carbocycles. The molecule has 0 fully saturated rings. The Kier molecular flexibility index (Phi) is 3.19. The third-order valence-corrected chi connectivity index (χ3v) is 2.31. The second-order valence-electron chi connectivity index (χ2n) is 2.29. The summed E-state index contributed by atoms with van der Waals surface area (Å²) in [4.78, 5) is 15.1. The lowest BCUT2D eigenvalue weighted by Gasteiger charge is -1.93. The van der Waals surface area contributed by atoms with Gasteiger partial charge in [0.1, 0.15) is 5.01 Å². The summed E-state index contributed by atoms with van der Waals surface area (Å²) < 4.78 is 0. The largest absolute Gasteiger partial charge is 0.359 e. The molecule has 1 rings (SSSR count). The van der Waals surface area contributed by atoms with Gasteiger partial charge < -0.3 is 11.1 Å². The fourth-order valence-electron chi connectivity index (χ4n) is 0.777. The van der Waals surface area contributed by atoms with E-state index in [4.69, 9.17) is 5.73 Å². The van der Waals surface area contributed by atoms with Gasteiger partial charge in [0, 0.05) is 19.0 Å². The van der Waals surface area contributed by atoms with Crippen molar-refractivity contribution in [3.8, 4) is 0 Å². The van der Waals surface area contributed by atoms with E-state index in [9.17, 15) is 4.79 Å². The summed E-state index contributed by atoms with van der Waals surface area (Å²) in [6.07, 6.45) is 0.340. The standard InChI is InChI=1S/C7H11N3OS/c1-9-6(11)2-5-4-12-7(3-8)10-5/h4H,2-3,8H2,1H3,(H,9,11). The van der Waals surface area contributed by atoms with Crippen molar-refractivity contribution in [1.29, 1.82) is 0 Å². The molecular formula is C7H11N3OS. The number of hydrogen-bond acceptors (Lipinski definition) is 4. The summed E-state index contributed by atoms with van der Waals surface area (Å²) in [7, 11) is 1.61. The van der Waals surface area contributed by atoms with Gasteiger partial charge in [0.2, 0.25) is 5.91 Å².